The van der Waals surface area contributed by atoms with Crippen LogP contribution in [-0.2, 0) is 0 Å². The highest BCUT2D eigenvalue weighted by atomic mass is 32.2. The summed E-state index contributed by atoms with van der Waals surface area (Å²) in [7, 11) is 0. The fourth-order valence-corrected chi connectivity index (χ4v) is 4.50. The van der Waals surface area contributed by atoms with Crippen molar-refractivity contribution in [3.05, 3.63) is 97.1 Å². The van der Waals surface area contributed by atoms with Crippen LogP contribution in [0.25, 0.3) is 10.8 Å². The summed E-state index contributed by atoms with van der Waals surface area (Å²) in [6.45, 7) is 0. The second-order valence-corrected chi connectivity index (χ2v) is 7.73. The molecule has 4 aromatic rings. The second kappa shape index (κ2) is 7.16. The largest absolute Gasteiger partial charge is 0.0901 e. The molecule has 2 heteroatoms. The zero-order valence-electron chi connectivity index (χ0n) is 13.1. The van der Waals surface area contributed by atoms with Crippen LogP contribution < -0.4 is 0 Å². The Labute approximate surface area is 150 Å². The Kier molecular flexibility index (Phi) is 4.59. The van der Waals surface area contributed by atoms with Gasteiger partial charge in [-0.2, -0.15) is 0 Å². The predicted octanol–water partition coefficient (Wildman–Crippen LogP) is 7.14. The van der Waals surface area contributed by atoms with Crippen molar-refractivity contribution in [3.63, 3.8) is 0 Å². The van der Waals surface area contributed by atoms with Gasteiger partial charge in [0.05, 0.1) is 0 Å². The van der Waals surface area contributed by atoms with E-state index in [0.29, 0.717) is 0 Å². The molecule has 0 aliphatic carbocycles. The lowest BCUT2D eigenvalue weighted by Crippen LogP contribution is -1.80. The average molecular weight is 345 g/mol. The summed E-state index contributed by atoms with van der Waals surface area (Å²) in [5.41, 5.74) is 0. The molecule has 0 bridgehead atoms. The Balaban J connectivity index is 1.66. The van der Waals surface area contributed by atoms with Crippen LogP contribution in [0.3, 0.4) is 0 Å². The van der Waals surface area contributed by atoms with Gasteiger partial charge in [-0.05, 0) is 53.2 Å². The first kappa shape index (κ1) is 15.4. The van der Waals surface area contributed by atoms with E-state index in [0.717, 1.165) is 0 Å². The van der Waals surface area contributed by atoms with Crippen LogP contribution in [0, 0.1) is 0 Å². The smallest absolute Gasteiger partial charge is 0.0200 e. The van der Waals surface area contributed by atoms with Gasteiger partial charge in [-0.15, -0.1) is 0 Å². The van der Waals surface area contributed by atoms with E-state index >= 15 is 0 Å². The van der Waals surface area contributed by atoms with Gasteiger partial charge in [0.25, 0.3) is 0 Å². The molecule has 0 aliphatic heterocycles. The van der Waals surface area contributed by atoms with Gasteiger partial charge in [-0.25, -0.2) is 0 Å². The van der Waals surface area contributed by atoms with E-state index in [1.165, 1.54) is 30.4 Å². The van der Waals surface area contributed by atoms with Crippen molar-refractivity contribution in [2.75, 3.05) is 0 Å². The number of hydrogen-bond acceptors (Lipinski definition) is 2. The zero-order valence-corrected chi connectivity index (χ0v) is 14.7. The first-order chi connectivity index (χ1) is 11.9. The van der Waals surface area contributed by atoms with Gasteiger partial charge in [-0.3, -0.25) is 0 Å². The van der Waals surface area contributed by atoms with Crippen LogP contribution in [0.4, 0.5) is 0 Å². The molecule has 24 heavy (non-hydrogen) atoms. The zero-order chi connectivity index (χ0) is 16.2. The standard InChI is InChI=1S/C22H16S2/c1-3-9-18(10-4-1)23-20-14-15-21-17(16-20)8-7-13-22(21)24-19-11-5-2-6-12-19/h1-16H. The Morgan fingerprint density at radius 1 is 0.458 bits per heavy atom. The molecule has 0 nitrogen and oxygen atoms in total. The third kappa shape index (κ3) is 3.50. The first-order valence-corrected chi connectivity index (χ1v) is 9.50. The molecule has 0 N–H and O–H groups in total. The minimum absolute atomic E-state index is 1.27. The summed E-state index contributed by atoms with van der Waals surface area (Å²) < 4.78 is 0. The molecule has 0 heterocycles. The lowest BCUT2D eigenvalue weighted by molar-refractivity contribution is 1.41. The van der Waals surface area contributed by atoms with Crippen LogP contribution in [0.1, 0.15) is 0 Å². The number of hydrogen-bond donors (Lipinski definition) is 0. The highest BCUT2D eigenvalue weighted by molar-refractivity contribution is 7.99. The Hall–Kier alpha value is -2.16. The van der Waals surface area contributed by atoms with Gasteiger partial charge < -0.3 is 0 Å². The third-order valence-corrected chi connectivity index (χ3v) is 5.84. The van der Waals surface area contributed by atoms with Crippen LogP contribution in [0.15, 0.2) is 117 Å². The maximum Gasteiger partial charge on any atom is 0.0200 e. The molecule has 0 radical (unpaired) electrons. The highest BCUT2D eigenvalue weighted by Crippen LogP contribution is 2.36. The predicted molar refractivity (Wildman–Crippen MR) is 105 cm³/mol. The van der Waals surface area contributed by atoms with Gasteiger partial charge in [0.1, 0.15) is 0 Å². The maximum absolute atomic E-state index is 2.28. The van der Waals surface area contributed by atoms with Gasteiger partial charge in [0, 0.05) is 19.6 Å². The normalized spacial score (nSPS) is 10.8. The minimum Gasteiger partial charge on any atom is -0.0901 e. The van der Waals surface area contributed by atoms with Crippen molar-refractivity contribution in [1.82, 2.24) is 0 Å². The van der Waals surface area contributed by atoms with E-state index in [4.69, 9.17) is 0 Å². The second-order valence-electron chi connectivity index (χ2n) is 5.47. The van der Waals surface area contributed by atoms with Crippen molar-refractivity contribution in [2.24, 2.45) is 0 Å². The van der Waals surface area contributed by atoms with Crippen molar-refractivity contribution in [2.45, 2.75) is 19.6 Å². The highest BCUT2D eigenvalue weighted by Gasteiger charge is 2.05. The minimum atomic E-state index is 1.27. The van der Waals surface area contributed by atoms with E-state index < -0.39 is 0 Å². The summed E-state index contributed by atoms with van der Waals surface area (Å²) in [5, 5.41) is 2.60. The molecule has 0 saturated carbocycles. The SMILES string of the molecule is c1ccc(Sc2ccc3c(Sc4ccccc4)cccc3c2)cc1. The summed E-state index contributed by atoms with van der Waals surface area (Å²) in [6.07, 6.45) is 0. The quantitative estimate of drug-likeness (QED) is 0.386. The van der Waals surface area contributed by atoms with Crippen LogP contribution in [0.5, 0.6) is 0 Å². The Morgan fingerprint density at radius 3 is 1.83 bits per heavy atom. The molecule has 0 saturated heterocycles. The van der Waals surface area contributed by atoms with E-state index in [9.17, 15) is 0 Å². The molecule has 4 rings (SSSR count). The molecule has 0 fully saturated rings. The molecule has 0 amide bonds. The summed E-state index contributed by atoms with van der Waals surface area (Å²) in [6, 6.07) is 34.3. The first-order valence-electron chi connectivity index (χ1n) is 7.87. The summed E-state index contributed by atoms with van der Waals surface area (Å²) in [4.78, 5) is 5.12. The number of fused-ring (bicyclic) bond motifs is 1. The van der Waals surface area contributed by atoms with E-state index in [1.54, 1.807) is 11.8 Å². The molecule has 0 spiro atoms. The third-order valence-electron chi connectivity index (χ3n) is 3.76. The molecule has 0 atom stereocenters. The Morgan fingerprint density at radius 2 is 1.12 bits per heavy atom. The fourth-order valence-electron chi connectivity index (χ4n) is 2.62. The molecular formula is C22H16S2. The van der Waals surface area contributed by atoms with E-state index in [2.05, 4.69) is 97.1 Å². The van der Waals surface area contributed by atoms with Crippen molar-refractivity contribution < 1.29 is 0 Å². The molecule has 0 aliphatic rings. The van der Waals surface area contributed by atoms with E-state index in [1.807, 2.05) is 11.8 Å². The molecule has 116 valence electrons. The number of rotatable bonds is 4. The Bertz CT molecular complexity index is 947. The number of benzene rings is 4. The summed E-state index contributed by atoms with van der Waals surface area (Å²) in [5.74, 6) is 0. The van der Waals surface area contributed by atoms with Crippen LogP contribution in [-0.4, -0.2) is 0 Å². The van der Waals surface area contributed by atoms with Crippen molar-refractivity contribution in [1.29, 1.82) is 0 Å². The molecule has 4 aromatic carbocycles. The lowest BCUT2D eigenvalue weighted by atomic mass is 10.1. The van der Waals surface area contributed by atoms with Gasteiger partial charge in [0.15, 0.2) is 0 Å². The van der Waals surface area contributed by atoms with Gasteiger partial charge in [0.2, 0.25) is 0 Å². The monoisotopic (exact) mass is 344 g/mol. The topological polar surface area (TPSA) is 0 Å². The fraction of sp³-hybridized carbons (Fsp3) is 0. The van der Waals surface area contributed by atoms with Gasteiger partial charge in [-0.1, -0.05) is 78.1 Å². The van der Waals surface area contributed by atoms with Crippen LogP contribution in [0.2, 0.25) is 0 Å². The van der Waals surface area contributed by atoms with Crippen molar-refractivity contribution >= 4 is 34.3 Å². The van der Waals surface area contributed by atoms with Crippen molar-refractivity contribution in [3.8, 4) is 0 Å². The molecule has 0 aromatic heterocycles. The lowest BCUT2D eigenvalue weighted by Gasteiger charge is -2.08. The van der Waals surface area contributed by atoms with Crippen LogP contribution >= 0.6 is 23.5 Å². The van der Waals surface area contributed by atoms with Gasteiger partial charge >= 0.3 is 0 Å². The van der Waals surface area contributed by atoms with E-state index in [-0.39, 0.29) is 0 Å². The maximum atomic E-state index is 2.28. The summed E-state index contributed by atoms with van der Waals surface area (Å²) >= 11 is 3.63. The average Bonchev–Trinajstić information content (AvgIpc) is 2.63. The molecular weight excluding hydrogens is 328 g/mol. The molecule has 0 unspecified atom stereocenters.